The fraction of sp³-hybridized carbons (Fsp3) is 0.833. The summed E-state index contributed by atoms with van der Waals surface area (Å²) in [5.41, 5.74) is 10.4. The molecule has 6 nitrogen and oxygen atoms in total. The SMILES string of the molecule is CCCC[C@H](C)C(O)CNC(=O)[C@@H](N)CC(N)=O. The van der Waals surface area contributed by atoms with Crippen LogP contribution in [-0.2, 0) is 9.59 Å². The number of carbonyl (C=O) groups is 2. The number of nitrogens with two attached hydrogens (primary N) is 2. The molecule has 0 saturated carbocycles. The van der Waals surface area contributed by atoms with Gasteiger partial charge in [0, 0.05) is 6.54 Å². The first kappa shape index (κ1) is 16.9. The van der Waals surface area contributed by atoms with E-state index in [0.29, 0.717) is 0 Å². The van der Waals surface area contributed by atoms with Crippen LogP contribution in [-0.4, -0.2) is 35.6 Å². The Kier molecular flexibility index (Phi) is 8.32. The van der Waals surface area contributed by atoms with Crippen molar-refractivity contribution in [1.82, 2.24) is 5.32 Å². The largest absolute Gasteiger partial charge is 0.391 e. The highest BCUT2D eigenvalue weighted by Crippen LogP contribution is 2.11. The summed E-state index contributed by atoms with van der Waals surface area (Å²) in [4.78, 5) is 22.1. The fourth-order valence-electron chi connectivity index (χ4n) is 1.57. The molecule has 0 spiro atoms. The van der Waals surface area contributed by atoms with Crippen LogP contribution in [0.2, 0.25) is 0 Å². The normalized spacial score (nSPS) is 15.8. The number of amides is 2. The lowest BCUT2D eigenvalue weighted by molar-refractivity contribution is -0.126. The van der Waals surface area contributed by atoms with E-state index < -0.39 is 24.0 Å². The van der Waals surface area contributed by atoms with Crippen LogP contribution in [0.3, 0.4) is 0 Å². The van der Waals surface area contributed by atoms with Crippen LogP contribution >= 0.6 is 0 Å². The first-order valence-corrected chi connectivity index (χ1v) is 6.38. The van der Waals surface area contributed by atoms with E-state index in [1.807, 2.05) is 6.92 Å². The van der Waals surface area contributed by atoms with Crippen molar-refractivity contribution < 1.29 is 14.7 Å². The number of nitrogens with one attached hydrogen (secondary N) is 1. The van der Waals surface area contributed by atoms with E-state index in [-0.39, 0.29) is 18.9 Å². The Balaban J connectivity index is 3.93. The summed E-state index contributed by atoms with van der Waals surface area (Å²) >= 11 is 0. The molecule has 0 fully saturated rings. The lowest BCUT2D eigenvalue weighted by Gasteiger charge is -2.20. The van der Waals surface area contributed by atoms with E-state index in [1.165, 1.54) is 0 Å². The first-order valence-electron chi connectivity index (χ1n) is 6.38. The van der Waals surface area contributed by atoms with Gasteiger partial charge in [0.25, 0.3) is 0 Å². The Morgan fingerprint density at radius 1 is 1.39 bits per heavy atom. The topological polar surface area (TPSA) is 118 Å². The van der Waals surface area contributed by atoms with Gasteiger partial charge >= 0.3 is 0 Å². The van der Waals surface area contributed by atoms with Crippen LogP contribution in [0.4, 0.5) is 0 Å². The van der Waals surface area contributed by atoms with Crippen LogP contribution in [0, 0.1) is 5.92 Å². The van der Waals surface area contributed by atoms with Crippen molar-refractivity contribution >= 4 is 11.8 Å². The second kappa shape index (κ2) is 8.88. The van der Waals surface area contributed by atoms with E-state index >= 15 is 0 Å². The summed E-state index contributed by atoms with van der Waals surface area (Å²) in [6, 6.07) is -0.944. The maximum Gasteiger partial charge on any atom is 0.237 e. The number of aliphatic hydroxyl groups excluding tert-OH is 1. The first-order chi connectivity index (χ1) is 8.38. The molecule has 0 aliphatic heterocycles. The third kappa shape index (κ3) is 7.24. The van der Waals surface area contributed by atoms with Crippen LogP contribution in [0.15, 0.2) is 0 Å². The molecule has 0 aromatic rings. The van der Waals surface area contributed by atoms with Gasteiger partial charge in [-0.05, 0) is 12.3 Å². The lowest BCUT2D eigenvalue weighted by Crippen LogP contribution is -2.46. The molecule has 106 valence electrons. The molecule has 0 aromatic carbocycles. The summed E-state index contributed by atoms with van der Waals surface area (Å²) in [6.45, 7) is 4.18. The van der Waals surface area contributed by atoms with Gasteiger partial charge < -0.3 is 21.9 Å². The van der Waals surface area contributed by atoms with Gasteiger partial charge in [0.05, 0.1) is 18.6 Å². The number of carbonyl (C=O) groups excluding carboxylic acids is 2. The van der Waals surface area contributed by atoms with Gasteiger partial charge in [0.1, 0.15) is 0 Å². The molecule has 0 heterocycles. The number of aliphatic hydroxyl groups is 1. The number of rotatable bonds is 9. The Hall–Kier alpha value is -1.14. The number of unbranched alkanes of at least 4 members (excludes halogenated alkanes) is 1. The van der Waals surface area contributed by atoms with Crippen LogP contribution < -0.4 is 16.8 Å². The molecule has 0 radical (unpaired) electrons. The van der Waals surface area contributed by atoms with Crippen molar-refractivity contribution in [2.24, 2.45) is 17.4 Å². The van der Waals surface area contributed by atoms with Crippen molar-refractivity contribution in [1.29, 1.82) is 0 Å². The lowest BCUT2D eigenvalue weighted by atomic mass is 9.98. The van der Waals surface area contributed by atoms with Crippen molar-refractivity contribution in [3.05, 3.63) is 0 Å². The molecule has 1 unspecified atom stereocenters. The highest BCUT2D eigenvalue weighted by Gasteiger charge is 2.19. The maximum atomic E-state index is 11.5. The molecule has 0 saturated heterocycles. The average molecular weight is 259 g/mol. The number of primary amides is 1. The highest BCUT2D eigenvalue weighted by molar-refractivity contribution is 5.87. The summed E-state index contributed by atoms with van der Waals surface area (Å²) in [7, 11) is 0. The summed E-state index contributed by atoms with van der Waals surface area (Å²) in [6.07, 6.45) is 2.26. The molecule has 18 heavy (non-hydrogen) atoms. The Morgan fingerprint density at radius 2 is 2.00 bits per heavy atom. The Bertz CT molecular complexity index is 271. The minimum Gasteiger partial charge on any atom is -0.391 e. The predicted octanol–water partition coefficient (Wildman–Crippen LogP) is -0.507. The third-order valence-corrected chi connectivity index (χ3v) is 2.91. The molecule has 0 aliphatic carbocycles. The smallest absolute Gasteiger partial charge is 0.237 e. The molecule has 6 N–H and O–H groups in total. The summed E-state index contributed by atoms with van der Waals surface area (Å²) in [5, 5.41) is 12.3. The van der Waals surface area contributed by atoms with Gasteiger partial charge in [-0.25, -0.2) is 0 Å². The summed E-state index contributed by atoms with van der Waals surface area (Å²) in [5.74, 6) is -0.956. The van der Waals surface area contributed by atoms with Gasteiger partial charge in [-0.3, -0.25) is 9.59 Å². The molecular formula is C12H25N3O3. The van der Waals surface area contributed by atoms with Crippen molar-refractivity contribution in [3.63, 3.8) is 0 Å². The zero-order chi connectivity index (χ0) is 14.1. The zero-order valence-corrected chi connectivity index (χ0v) is 11.2. The van der Waals surface area contributed by atoms with Crippen LogP contribution in [0.25, 0.3) is 0 Å². The van der Waals surface area contributed by atoms with Crippen LogP contribution in [0.5, 0.6) is 0 Å². The minimum absolute atomic E-state index is 0.123. The van der Waals surface area contributed by atoms with Gasteiger partial charge in [-0.1, -0.05) is 26.7 Å². The standard InChI is InChI=1S/C12H25N3O3/c1-3-4-5-8(2)10(16)7-15-12(18)9(13)6-11(14)17/h8-10,16H,3-7,13H2,1-2H3,(H2,14,17)(H,15,18)/t8-,9-,10?/m0/s1. The van der Waals surface area contributed by atoms with Gasteiger partial charge in [0.15, 0.2) is 0 Å². The van der Waals surface area contributed by atoms with E-state index in [4.69, 9.17) is 11.5 Å². The molecular weight excluding hydrogens is 234 g/mol. The fourth-order valence-corrected chi connectivity index (χ4v) is 1.57. The van der Waals surface area contributed by atoms with Crippen molar-refractivity contribution in [3.8, 4) is 0 Å². The quantitative estimate of drug-likeness (QED) is 0.446. The highest BCUT2D eigenvalue weighted by atomic mass is 16.3. The Labute approximate surface area is 108 Å². The second-order valence-corrected chi connectivity index (χ2v) is 4.71. The number of hydrogen-bond donors (Lipinski definition) is 4. The van der Waals surface area contributed by atoms with Gasteiger partial charge in [-0.2, -0.15) is 0 Å². The van der Waals surface area contributed by atoms with Crippen molar-refractivity contribution in [2.75, 3.05) is 6.54 Å². The van der Waals surface area contributed by atoms with Gasteiger partial charge in [0.2, 0.25) is 11.8 Å². The number of hydrogen-bond acceptors (Lipinski definition) is 4. The molecule has 0 aromatic heterocycles. The second-order valence-electron chi connectivity index (χ2n) is 4.71. The molecule has 3 atom stereocenters. The van der Waals surface area contributed by atoms with E-state index in [0.717, 1.165) is 19.3 Å². The molecule has 0 rings (SSSR count). The molecule has 6 heteroatoms. The van der Waals surface area contributed by atoms with E-state index in [1.54, 1.807) is 0 Å². The zero-order valence-electron chi connectivity index (χ0n) is 11.2. The predicted molar refractivity (Wildman–Crippen MR) is 69.5 cm³/mol. The van der Waals surface area contributed by atoms with E-state index in [2.05, 4.69) is 12.2 Å². The minimum atomic E-state index is -0.944. The average Bonchev–Trinajstić information content (AvgIpc) is 2.31. The summed E-state index contributed by atoms with van der Waals surface area (Å²) < 4.78 is 0. The third-order valence-electron chi connectivity index (χ3n) is 2.91. The van der Waals surface area contributed by atoms with Crippen molar-refractivity contribution in [2.45, 2.75) is 51.7 Å². The van der Waals surface area contributed by atoms with E-state index in [9.17, 15) is 14.7 Å². The molecule has 0 bridgehead atoms. The van der Waals surface area contributed by atoms with Crippen LogP contribution in [0.1, 0.15) is 39.5 Å². The van der Waals surface area contributed by atoms with Gasteiger partial charge in [-0.15, -0.1) is 0 Å². The Morgan fingerprint density at radius 3 is 2.50 bits per heavy atom. The monoisotopic (exact) mass is 259 g/mol. The molecule has 2 amide bonds. The molecule has 0 aliphatic rings. The maximum absolute atomic E-state index is 11.5.